The largest absolute Gasteiger partial charge is 0.394 e. The van der Waals surface area contributed by atoms with E-state index in [9.17, 15) is 49.8 Å². The molecule has 0 bridgehead atoms. The van der Waals surface area contributed by atoms with Crippen molar-refractivity contribution in [2.45, 2.75) is 94.4 Å². The minimum absolute atomic E-state index is 0.0482. The van der Waals surface area contributed by atoms with E-state index in [1.807, 2.05) is 0 Å². The zero-order chi connectivity index (χ0) is 44.8. The van der Waals surface area contributed by atoms with Gasteiger partial charge in [-0.05, 0) is 6.42 Å². The molecule has 4 amide bonds. The van der Waals surface area contributed by atoms with Gasteiger partial charge in [-0.3, -0.25) is 19.2 Å². The second-order valence-corrected chi connectivity index (χ2v) is 13.8. The summed E-state index contributed by atoms with van der Waals surface area (Å²) in [6.45, 7) is 5.30. The molecule has 2 aliphatic heterocycles. The summed E-state index contributed by atoms with van der Waals surface area (Å²) in [7, 11) is 0. The Bertz CT molecular complexity index is 1120. The molecule has 2 saturated heterocycles. The molecular formula is C37H68N4O20. The lowest BCUT2D eigenvalue weighted by Crippen LogP contribution is -2.64. The third-order valence-electron chi connectivity index (χ3n) is 8.93. The van der Waals surface area contributed by atoms with E-state index in [1.165, 1.54) is 13.8 Å². The van der Waals surface area contributed by atoms with Crippen molar-refractivity contribution in [2.75, 3.05) is 119 Å². The normalized spacial score (nSPS) is 26.4. The van der Waals surface area contributed by atoms with Crippen LogP contribution >= 0.6 is 0 Å². The quantitative estimate of drug-likeness (QED) is 0.0269. The van der Waals surface area contributed by atoms with Gasteiger partial charge in [0.1, 0.15) is 48.7 Å². The molecule has 0 radical (unpaired) electrons. The molecule has 2 aliphatic rings. The number of aliphatic hydroxyl groups excluding tert-OH is 6. The van der Waals surface area contributed by atoms with Gasteiger partial charge in [0.05, 0.1) is 92.5 Å². The highest BCUT2D eigenvalue weighted by molar-refractivity contribution is 5.76. The molecule has 0 saturated carbocycles. The molecule has 0 aromatic rings. The second-order valence-electron chi connectivity index (χ2n) is 13.8. The molecule has 10 atom stereocenters. The van der Waals surface area contributed by atoms with Gasteiger partial charge >= 0.3 is 0 Å². The molecule has 61 heavy (non-hydrogen) atoms. The Labute approximate surface area is 355 Å². The molecule has 356 valence electrons. The number of amides is 4. The summed E-state index contributed by atoms with van der Waals surface area (Å²) in [5.74, 6) is -1.26. The molecule has 6 unspecified atom stereocenters. The molecule has 2 rings (SSSR count). The third kappa shape index (κ3) is 22.9. The monoisotopic (exact) mass is 888 g/mol. The van der Waals surface area contributed by atoms with E-state index in [1.54, 1.807) is 0 Å². The fraction of sp³-hybridized carbons (Fsp3) is 0.892. The van der Waals surface area contributed by atoms with E-state index in [0.717, 1.165) is 0 Å². The summed E-state index contributed by atoms with van der Waals surface area (Å²) >= 11 is 0. The van der Waals surface area contributed by atoms with E-state index >= 15 is 0 Å². The van der Waals surface area contributed by atoms with Crippen molar-refractivity contribution in [1.29, 1.82) is 0 Å². The highest BCUT2D eigenvalue weighted by Gasteiger charge is 2.46. The van der Waals surface area contributed by atoms with E-state index < -0.39 is 86.3 Å². The number of carbonyl (C=O) groups is 4. The van der Waals surface area contributed by atoms with Gasteiger partial charge in [0.15, 0.2) is 12.6 Å². The zero-order valence-corrected chi connectivity index (χ0v) is 35.0. The SMILES string of the molecule is CC(=O)NC1[C@H](OCCOCCOCCNC(=O)CCOCCCOCCC(=O)NCCOCCOCCOC2OC(CO)C(O)[C@H](O)[C@@H]2NC(C)=O)OC(CO)C(O)[C@@H]1O. The summed E-state index contributed by atoms with van der Waals surface area (Å²) in [5.41, 5.74) is 0. The first-order valence-corrected chi connectivity index (χ1v) is 20.4. The minimum atomic E-state index is -1.39. The van der Waals surface area contributed by atoms with Crippen LogP contribution in [-0.2, 0) is 66.5 Å². The van der Waals surface area contributed by atoms with Gasteiger partial charge in [0.25, 0.3) is 0 Å². The fourth-order valence-corrected chi connectivity index (χ4v) is 5.82. The lowest BCUT2D eigenvalue weighted by Gasteiger charge is -2.42. The molecule has 0 spiro atoms. The van der Waals surface area contributed by atoms with E-state index in [-0.39, 0.29) is 104 Å². The molecule has 10 N–H and O–H groups in total. The Balaban J connectivity index is 1.32. The van der Waals surface area contributed by atoms with Crippen LogP contribution in [0.1, 0.15) is 33.1 Å². The molecule has 24 nitrogen and oxygen atoms in total. The van der Waals surface area contributed by atoms with Crippen LogP contribution in [0.4, 0.5) is 0 Å². The van der Waals surface area contributed by atoms with Gasteiger partial charge < -0.3 is 99.3 Å². The first-order chi connectivity index (χ1) is 29.4. The Morgan fingerprint density at radius 3 is 1.18 bits per heavy atom. The number of carbonyl (C=O) groups excluding carboxylic acids is 4. The predicted molar refractivity (Wildman–Crippen MR) is 207 cm³/mol. The number of hydrogen-bond donors (Lipinski definition) is 10. The van der Waals surface area contributed by atoms with Crippen LogP contribution in [0, 0.1) is 0 Å². The van der Waals surface area contributed by atoms with Crippen LogP contribution in [0.5, 0.6) is 0 Å². The maximum Gasteiger partial charge on any atom is 0.222 e. The summed E-state index contributed by atoms with van der Waals surface area (Å²) in [4.78, 5) is 46.9. The van der Waals surface area contributed by atoms with Crippen molar-refractivity contribution >= 4 is 23.6 Å². The molecule has 2 fully saturated rings. The molecule has 0 aromatic carbocycles. The third-order valence-corrected chi connectivity index (χ3v) is 8.93. The number of nitrogens with one attached hydrogen (secondary N) is 4. The number of aliphatic hydroxyl groups is 6. The van der Waals surface area contributed by atoms with Gasteiger partial charge in [0, 0.05) is 53.0 Å². The van der Waals surface area contributed by atoms with E-state index in [4.69, 9.17) is 47.4 Å². The number of rotatable bonds is 34. The number of hydrogen-bond acceptors (Lipinski definition) is 20. The van der Waals surface area contributed by atoms with Crippen molar-refractivity contribution in [3.8, 4) is 0 Å². The Morgan fingerprint density at radius 1 is 0.475 bits per heavy atom. The van der Waals surface area contributed by atoms with Crippen LogP contribution in [0.15, 0.2) is 0 Å². The summed E-state index contributed by atoms with van der Waals surface area (Å²) in [6.07, 6.45) is -8.94. The molecule has 24 heteroatoms. The average molecular weight is 889 g/mol. The summed E-state index contributed by atoms with van der Waals surface area (Å²) in [5, 5.41) is 69.8. The summed E-state index contributed by atoms with van der Waals surface area (Å²) in [6, 6.07) is -2.05. The number of ether oxygens (including phenoxy) is 10. The standard InChI is InChI=1S/C37H68N4O20/c1-24(44)40-30-34(50)32(48)26(22-42)60-36(30)58-20-18-56-16-14-54-12-6-38-28(46)4-10-52-8-3-9-53-11-5-29(47)39-7-13-55-15-17-57-19-21-59-37-31(41-25(2)45)35(51)33(49)27(23-43)61-37/h26-27,30-37,42-43,48-51H,3-23H2,1-2H3,(H,38,46)(H,39,47)(H,40,44)(H,41,45)/t26?,27?,30-,31?,32?,33?,34+,35+,36?,37+/m0/s1. The maximum absolute atomic E-state index is 12.0. The first kappa shape index (κ1) is 54.4. The van der Waals surface area contributed by atoms with Crippen LogP contribution in [0.3, 0.4) is 0 Å². The van der Waals surface area contributed by atoms with Crippen LogP contribution in [-0.4, -0.2) is 234 Å². The summed E-state index contributed by atoms with van der Waals surface area (Å²) < 4.78 is 54.7. The van der Waals surface area contributed by atoms with Gasteiger partial charge in [-0.25, -0.2) is 0 Å². The van der Waals surface area contributed by atoms with Crippen LogP contribution in [0.2, 0.25) is 0 Å². The van der Waals surface area contributed by atoms with Crippen LogP contribution < -0.4 is 21.3 Å². The van der Waals surface area contributed by atoms with Crippen molar-refractivity contribution < 1.29 is 97.2 Å². The van der Waals surface area contributed by atoms with Crippen molar-refractivity contribution in [1.82, 2.24) is 21.3 Å². The highest BCUT2D eigenvalue weighted by atomic mass is 16.7. The average Bonchev–Trinajstić information content (AvgIpc) is 3.23. The lowest BCUT2D eigenvalue weighted by atomic mass is 9.97. The first-order valence-electron chi connectivity index (χ1n) is 20.4. The predicted octanol–water partition coefficient (Wildman–Crippen LogP) is -5.59. The van der Waals surface area contributed by atoms with Crippen LogP contribution in [0.25, 0.3) is 0 Å². The smallest absolute Gasteiger partial charge is 0.222 e. The van der Waals surface area contributed by atoms with Crippen molar-refractivity contribution in [2.24, 2.45) is 0 Å². The highest BCUT2D eigenvalue weighted by Crippen LogP contribution is 2.23. The topological polar surface area (TPSA) is 330 Å². The van der Waals surface area contributed by atoms with Gasteiger partial charge in [-0.15, -0.1) is 0 Å². The zero-order valence-electron chi connectivity index (χ0n) is 35.0. The molecular weight excluding hydrogens is 820 g/mol. The Morgan fingerprint density at radius 2 is 0.820 bits per heavy atom. The van der Waals surface area contributed by atoms with E-state index in [0.29, 0.717) is 32.7 Å². The molecule has 0 aromatic heterocycles. The molecule has 2 heterocycles. The second kappa shape index (κ2) is 32.8. The van der Waals surface area contributed by atoms with E-state index in [2.05, 4.69) is 21.3 Å². The van der Waals surface area contributed by atoms with Gasteiger partial charge in [-0.2, -0.15) is 0 Å². The van der Waals surface area contributed by atoms with Gasteiger partial charge in [-0.1, -0.05) is 0 Å². The molecule has 0 aliphatic carbocycles. The Kier molecular flexibility index (Phi) is 29.3. The van der Waals surface area contributed by atoms with Crippen molar-refractivity contribution in [3.05, 3.63) is 0 Å². The Hall–Kier alpha value is -2.76. The van der Waals surface area contributed by atoms with Gasteiger partial charge in [0.2, 0.25) is 23.6 Å². The fourth-order valence-electron chi connectivity index (χ4n) is 5.82. The lowest BCUT2D eigenvalue weighted by molar-refractivity contribution is -0.272. The maximum atomic E-state index is 12.0. The van der Waals surface area contributed by atoms with Crippen molar-refractivity contribution in [3.63, 3.8) is 0 Å². The minimum Gasteiger partial charge on any atom is -0.394 e.